The number of aliphatic hydroxyl groups excluding tert-OH is 1. The zero-order valence-corrected chi connectivity index (χ0v) is 8.03. The second-order valence-corrected chi connectivity index (χ2v) is 3.09. The van der Waals surface area contributed by atoms with E-state index in [9.17, 15) is 0 Å². The summed E-state index contributed by atoms with van der Waals surface area (Å²) in [6.07, 6.45) is 7.63. The molecule has 0 fully saturated rings. The third kappa shape index (κ3) is 3.11. The SMILES string of the molecule is OCCC=Cc1ncc(Br)cn1. The fourth-order valence-corrected chi connectivity index (χ4v) is 0.876. The van der Waals surface area contributed by atoms with Crippen LogP contribution in [0.4, 0.5) is 0 Å². The lowest BCUT2D eigenvalue weighted by Crippen LogP contribution is -1.85. The van der Waals surface area contributed by atoms with Gasteiger partial charge in [0.2, 0.25) is 0 Å². The van der Waals surface area contributed by atoms with Crippen LogP contribution in [0.25, 0.3) is 6.08 Å². The highest BCUT2D eigenvalue weighted by Crippen LogP contribution is 2.04. The third-order valence-electron chi connectivity index (χ3n) is 1.20. The molecule has 1 aromatic rings. The average Bonchev–Trinajstić information content (AvgIpc) is 2.09. The van der Waals surface area contributed by atoms with Gasteiger partial charge in [-0.25, -0.2) is 9.97 Å². The van der Waals surface area contributed by atoms with E-state index in [1.807, 2.05) is 6.08 Å². The van der Waals surface area contributed by atoms with Gasteiger partial charge in [-0.1, -0.05) is 6.08 Å². The topological polar surface area (TPSA) is 46.0 Å². The number of rotatable bonds is 3. The Bertz CT molecular complexity index is 258. The van der Waals surface area contributed by atoms with Crippen molar-refractivity contribution in [2.24, 2.45) is 0 Å². The minimum Gasteiger partial charge on any atom is -0.396 e. The monoisotopic (exact) mass is 228 g/mol. The molecule has 0 amide bonds. The number of hydrogen-bond acceptors (Lipinski definition) is 3. The molecule has 0 aliphatic rings. The van der Waals surface area contributed by atoms with Crippen molar-refractivity contribution in [3.8, 4) is 0 Å². The van der Waals surface area contributed by atoms with Gasteiger partial charge in [-0.3, -0.25) is 0 Å². The van der Waals surface area contributed by atoms with E-state index >= 15 is 0 Å². The van der Waals surface area contributed by atoms with Gasteiger partial charge in [-0.2, -0.15) is 0 Å². The highest BCUT2D eigenvalue weighted by atomic mass is 79.9. The smallest absolute Gasteiger partial charge is 0.151 e. The van der Waals surface area contributed by atoms with E-state index in [2.05, 4.69) is 25.9 Å². The lowest BCUT2D eigenvalue weighted by atomic mass is 10.4. The summed E-state index contributed by atoms with van der Waals surface area (Å²) in [5.74, 6) is 0.659. The predicted octanol–water partition coefficient (Wildman–Crippen LogP) is 1.63. The second-order valence-electron chi connectivity index (χ2n) is 2.17. The van der Waals surface area contributed by atoms with Crippen molar-refractivity contribution in [2.75, 3.05) is 6.61 Å². The highest BCUT2D eigenvalue weighted by molar-refractivity contribution is 9.10. The van der Waals surface area contributed by atoms with Crippen LogP contribution in [0, 0.1) is 0 Å². The first-order valence-electron chi connectivity index (χ1n) is 3.58. The van der Waals surface area contributed by atoms with Crippen molar-refractivity contribution < 1.29 is 5.11 Å². The summed E-state index contributed by atoms with van der Waals surface area (Å²) in [5, 5.41) is 8.49. The number of nitrogens with zero attached hydrogens (tertiary/aromatic N) is 2. The number of hydrogen-bond donors (Lipinski definition) is 1. The lowest BCUT2D eigenvalue weighted by Gasteiger charge is -1.91. The Kier molecular flexibility index (Phi) is 3.90. The molecule has 0 unspecified atom stereocenters. The second kappa shape index (κ2) is 5.00. The average molecular weight is 229 g/mol. The van der Waals surface area contributed by atoms with Gasteiger partial charge in [0.05, 0.1) is 4.47 Å². The molecule has 0 spiro atoms. The molecule has 0 saturated carbocycles. The van der Waals surface area contributed by atoms with E-state index in [1.165, 1.54) is 0 Å². The van der Waals surface area contributed by atoms with E-state index in [0.717, 1.165) is 4.47 Å². The molecule has 0 aliphatic heterocycles. The van der Waals surface area contributed by atoms with Crippen LogP contribution >= 0.6 is 15.9 Å². The molecular weight excluding hydrogens is 220 g/mol. The molecule has 4 heteroatoms. The van der Waals surface area contributed by atoms with Gasteiger partial charge in [0, 0.05) is 19.0 Å². The first-order chi connectivity index (χ1) is 5.83. The fraction of sp³-hybridized carbons (Fsp3) is 0.250. The van der Waals surface area contributed by atoms with Gasteiger partial charge < -0.3 is 5.11 Å². The van der Waals surface area contributed by atoms with E-state index in [4.69, 9.17) is 5.11 Å². The van der Waals surface area contributed by atoms with Crippen LogP contribution in [0.15, 0.2) is 22.9 Å². The lowest BCUT2D eigenvalue weighted by molar-refractivity contribution is 0.303. The molecule has 64 valence electrons. The molecule has 0 aromatic carbocycles. The zero-order valence-electron chi connectivity index (χ0n) is 6.44. The Morgan fingerprint density at radius 1 is 1.42 bits per heavy atom. The van der Waals surface area contributed by atoms with Crippen LogP contribution < -0.4 is 0 Å². The van der Waals surface area contributed by atoms with Crippen molar-refractivity contribution in [3.05, 3.63) is 28.8 Å². The van der Waals surface area contributed by atoms with Crippen molar-refractivity contribution in [1.82, 2.24) is 9.97 Å². The highest BCUT2D eigenvalue weighted by Gasteiger charge is 1.88. The minimum absolute atomic E-state index is 0.160. The molecule has 3 nitrogen and oxygen atoms in total. The van der Waals surface area contributed by atoms with E-state index in [1.54, 1.807) is 18.5 Å². The molecule has 0 aliphatic carbocycles. The Hall–Kier alpha value is -0.740. The van der Waals surface area contributed by atoms with Crippen molar-refractivity contribution in [3.63, 3.8) is 0 Å². The van der Waals surface area contributed by atoms with Crippen LogP contribution in [-0.2, 0) is 0 Å². The summed E-state index contributed by atoms with van der Waals surface area (Å²) in [7, 11) is 0. The quantitative estimate of drug-likeness (QED) is 0.856. The van der Waals surface area contributed by atoms with Gasteiger partial charge in [0.25, 0.3) is 0 Å². The molecule has 0 atom stereocenters. The molecular formula is C8H9BrN2O. The summed E-state index contributed by atoms with van der Waals surface area (Å²) < 4.78 is 0.863. The first-order valence-corrected chi connectivity index (χ1v) is 4.37. The normalized spacial score (nSPS) is 10.8. The Balaban J connectivity index is 2.58. The molecule has 1 aromatic heterocycles. The summed E-state index contributed by atoms with van der Waals surface area (Å²) >= 11 is 3.24. The van der Waals surface area contributed by atoms with Crippen molar-refractivity contribution in [1.29, 1.82) is 0 Å². The number of aliphatic hydroxyl groups is 1. The van der Waals surface area contributed by atoms with Crippen LogP contribution in [-0.4, -0.2) is 21.7 Å². The van der Waals surface area contributed by atoms with Gasteiger partial charge >= 0.3 is 0 Å². The van der Waals surface area contributed by atoms with Crippen LogP contribution in [0.3, 0.4) is 0 Å². The van der Waals surface area contributed by atoms with E-state index < -0.39 is 0 Å². The first kappa shape index (κ1) is 9.35. The molecule has 0 saturated heterocycles. The van der Waals surface area contributed by atoms with Gasteiger partial charge in [-0.15, -0.1) is 0 Å². The Labute approximate surface area is 79.3 Å². The fourth-order valence-electron chi connectivity index (χ4n) is 0.672. The van der Waals surface area contributed by atoms with Crippen molar-refractivity contribution >= 4 is 22.0 Å². The number of aromatic nitrogens is 2. The maximum Gasteiger partial charge on any atom is 0.151 e. The zero-order chi connectivity index (χ0) is 8.81. The molecule has 1 N–H and O–H groups in total. The van der Waals surface area contributed by atoms with Gasteiger partial charge in [0.1, 0.15) is 0 Å². The Morgan fingerprint density at radius 2 is 2.08 bits per heavy atom. The van der Waals surface area contributed by atoms with Crippen LogP contribution in [0.5, 0.6) is 0 Å². The summed E-state index contributed by atoms with van der Waals surface area (Å²) in [6, 6.07) is 0. The molecule has 12 heavy (non-hydrogen) atoms. The summed E-state index contributed by atoms with van der Waals surface area (Å²) in [4.78, 5) is 8.05. The Morgan fingerprint density at radius 3 is 2.67 bits per heavy atom. The summed E-state index contributed by atoms with van der Waals surface area (Å²) in [6.45, 7) is 0.160. The maximum absolute atomic E-state index is 8.49. The largest absolute Gasteiger partial charge is 0.396 e. The van der Waals surface area contributed by atoms with Crippen LogP contribution in [0.2, 0.25) is 0 Å². The van der Waals surface area contributed by atoms with Crippen LogP contribution in [0.1, 0.15) is 12.2 Å². The third-order valence-corrected chi connectivity index (χ3v) is 1.61. The number of halogens is 1. The molecule has 1 heterocycles. The molecule has 0 bridgehead atoms. The minimum atomic E-state index is 0.160. The van der Waals surface area contributed by atoms with Gasteiger partial charge in [-0.05, 0) is 28.4 Å². The molecule has 0 radical (unpaired) electrons. The van der Waals surface area contributed by atoms with Crippen molar-refractivity contribution in [2.45, 2.75) is 6.42 Å². The van der Waals surface area contributed by atoms with Gasteiger partial charge in [0.15, 0.2) is 5.82 Å². The molecule has 1 rings (SSSR count). The van der Waals surface area contributed by atoms with E-state index in [-0.39, 0.29) is 6.61 Å². The maximum atomic E-state index is 8.49. The predicted molar refractivity (Wildman–Crippen MR) is 50.5 cm³/mol. The summed E-state index contributed by atoms with van der Waals surface area (Å²) in [5.41, 5.74) is 0. The van der Waals surface area contributed by atoms with E-state index in [0.29, 0.717) is 12.2 Å². The standard InChI is InChI=1S/C8H9BrN2O/c9-7-5-10-8(11-6-7)3-1-2-4-12/h1,3,5-6,12H,2,4H2.